The van der Waals surface area contributed by atoms with Gasteiger partial charge in [0.2, 0.25) is 17.8 Å². The summed E-state index contributed by atoms with van der Waals surface area (Å²) in [6.07, 6.45) is 4.62. The van der Waals surface area contributed by atoms with Gasteiger partial charge in [0.25, 0.3) is 0 Å². The number of hydrogen-bond acceptors (Lipinski definition) is 8. The largest absolute Gasteiger partial charge is 0.350 e. The predicted molar refractivity (Wildman–Crippen MR) is 129 cm³/mol. The van der Waals surface area contributed by atoms with E-state index in [2.05, 4.69) is 81.7 Å². The molecule has 0 saturated carbocycles. The lowest BCUT2D eigenvalue weighted by molar-refractivity contribution is 0.416. The number of rotatable bonds is 7. The Hall–Kier alpha value is -3.20. The molecular formula is C23H33N9. The number of imidazole rings is 1. The van der Waals surface area contributed by atoms with Crippen molar-refractivity contribution in [2.24, 2.45) is 5.41 Å². The summed E-state index contributed by atoms with van der Waals surface area (Å²) in [5.41, 5.74) is 3.15. The van der Waals surface area contributed by atoms with Crippen molar-refractivity contribution in [1.82, 2.24) is 30.2 Å². The molecule has 3 aromatic rings. The van der Waals surface area contributed by atoms with Crippen molar-refractivity contribution in [2.75, 3.05) is 42.2 Å². The topological polar surface area (TPSA) is 107 Å². The van der Waals surface area contributed by atoms with Crippen molar-refractivity contribution in [3.05, 3.63) is 36.2 Å². The molecule has 0 radical (unpaired) electrons. The van der Waals surface area contributed by atoms with Crippen LogP contribution in [0.5, 0.6) is 0 Å². The molecule has 0 unspecified atom stereocenters. The average Bonchev–Trinajstić information content (AvgIpc) is 3.42. The van der Waals surface area contributed by atoms with E-state index in [1.165, 1.54) is 0 Å². The summed E-state index contributed by atoms with van der Waals surface area (Å²) in [6.45, 7) is 11.4. The molecule has 1 aliphatic heterocycles. The highest BCUT2D eigenvalue weighted by atomic mass is 15.3. The molecule has 170 valence electrons. The van der Waals surface area contributed by atoms with Gasteiger partial charge in [-0.15, -0.1) is 0 Å². The first-order valence-electron chi connectivity index (χ1n) is 11.1. The number of nitrogens with zero attached hydrogens (tertiary/aromatic N) is 5. The fourth-order valence-electron chi connectivity index (χ4n) is 3.85. The van der Waals surface area contributed by atoms with Gasteiger partial charge in [0, 0.05) is 49.8 Å². The van der Waals surface area contributed by atoms with E-state index in [1.807, 2.05) is 13.2 Å². The van der Waals surface area contributed by atoms with E-state index in [9.17, 15) is 0 Å². The highest BCUT2D eigenvalue weighted by Crippen LogP contribution is 2.26. The van der Waals surface area contributed by atoms with Crippen molar-refractivity contribution in [1.29, 1.82) is 0 Å². The Morgan fingerprint density at radius 2 is 1.97 bits per heavy atom. The molecule has 0 amide bonds. The molecular weight excluding hydrogens is 402 g/mol. The Balaban J connectivity index is 1.64. The first-order chi connectivity index (χ1) is 15.3. The summed E-state index contributed by atoms with van der Waals surface area (Å²) in [5, 5.41) is 10.3. The van der Waals surface area contributed by atoms with Crippen LogP contribution in [-0.2, 0) is 0 Å². The second-order valence-corrected chi connectivity index (χ2v) is 9.63. The molecule has 2 aromatic heterocycles. The van der Waals surface area contributed by atoms with Gasteiger partial charge in [-0.2, -0.15) is 15.0 Å². The number of H-pyrrole nitrogens is 1. The maximum absolute atomic E-state index is 4.73. The Bertz CT molecular complexity index is 1030. The fourth-order valence-corrected chi connectivity index (χ4v) is 3.85. The number of aromatic amines is 1. The summed E-state index contributed by atoms with van der Waals surface area (Å²) < 4.78 is 0. The second-order valence-electron chi connectivity index (χ2n) is 9.63. The number of benzene rings is 1. The van der Waals surface area contributed by atoms with Gasteiger partial charge in [0.05, 0.1) is 0 Å². The minimum Gasteiger partial charge on any atom is -0.350 e. The monoisotopic (exact) mass is 435 g/mol. The summed E-state index contributed by atoms with van der Waals surface area (Å²) in [4.78, 5) is 23.7. The van der Waals surface area contributed by atoms with Crippen LogP contribution >= 0.6 is 0 Å². The molecule has 9 heteroatoms. The van der Waals surface area contributed by atoms with Crippen molar-refractivity contribution in [3.63, 3.8) is 0 Å². The zero-order valence-electron chi connectivity index (χ0n) is 19.5. The van der Waals surface area contributed by atoms with E-state index in [0.717, 1.165) is 48.7 Å². The highest BCUT2D eigenvalue weighted by Gasteiger charge is 2.20. The molecule has 0 bridgehead atoms. The summed E-state index contributed by atoms with van der Waals surface area (Å²) >= 11 is 0. The normalized spacial score (nSPS) is 16.2. The van der Waals surface area contributed by atoms with Crippen LogP contribution < -0.4 is 20.9 Å². The van der Waals surface area contributed by atoms with E-state index in [0.29, 0.717) is 23.9 Å². The summed E-state index contributed by atoms with van der Waals surface area (Å²) in [6, 6.07) is 6.49. The number of aromatic nitrogens is 5. The quantitative estimate of drug-likeness (QED) is 0.446. The lowest BCUT2D eigenvalue weighted by Crippen LogP contribution is -2.31. The maximum atomic E-state index is 4.73. The van der Waals surface area contributed by atoms with Crippen molar-refractivity contribution in [3.8, 4) is 11.4 Å². The third-order valence-electron chi connectivity index (χ3n) is 5.33. The van der Waals surface area contributed by atoms with Crippen molar-refractivity contribution in [2.45, 2.75) is 40.2 Å². The summed E-state index contributed by atoms with van der Waals surface area (Å²) in [7, 11) is 2.02. The van der Waals surface area contributed by atoms with Crippen molar-refractivity contribution >= 4 is 23.5 Å². The molecule has 0 aliphatic carbocycles. The highest BCUT2D eigenvalue weighted by molar-refractivity contribution is 5.68. The molecule has 0 spiro atoms. The van der Waals surface area contributed by atoms with Crippen molar-refractivity contribution < 1.29 is 0 Å². The molecule has 1 atom stereocenters. The number of nitrogens with one attached hydrogen (secondary N) is 4. The first-order valence-corrected chi connectivity index (χ1v) is 11.1. The van der Waals surface area contributed by atoms with Crippen LogP contribution in [0, 0.1) is 12.3 Å². The minimum atomic E-state index is 0.117. The maximum Gasteiger partial charge on any atom is 0.233 e. The standard InChI is InChI=1S/C23H33N9/c1-15-6-7-16(19-25-10-11-26-19)12-18(15)28-21-29-20(27-17-8-9-24-13-17)30-22(31-21)32(5)14-23(2,3)4/h6-7,10-12,17,24H,8-9,13-14H2,1-5H3,(H,25,26)(H2,27,28,29,30,31)/t17-/m1/s1. The van der Waals surface area contributed by atoms with Crippen LogP contribution in [0.3, 0.4) is 0 Å². The van der Waals surface area contributed by atoms with Crippen LogP contribution in [0.2, 0.25) is 0 Å². The van der Waals surface area contributed by atoms with Gasteiger partial charge in [0.15, 0.2) is 0 Å². The Morgan fingerprint density at radius 1 is 1.16 bits per heavy atom. The Kier molecular flexibility index (Phi) is 6.27. The van der Waals surface area contributed by atoms with E-state index >= 15 is 0 Å². The van der Waals surface area contributed by atoms with E-state index < -0.39 is 0 Å². The molecule has 1 aromatic carbocycles. The third kappa shape index (κ3) is 5.53. The first kappa shape index (κ1) is 22.0. The summed E-state index contributed by atoms with van der Waals surface area (Å²) in [5.74, 6) is 2.58. The number of anilines is 4. The van der Waals surface area contributed by atoms with Crippen LogP contribution in [0.4, 0.5) is 23.5 Å². The van der Waals surface area contributed by atoms with Gasteiger partial charge in [-0.3, -0.25) is 0 Å². The van der Waals surface area contributed by atoms with Crippen LogP contribution in [0.25, 0.3) is 11.4 Å². The van der Waals surface area contributed by atoms with Gasteiger partial charge in [0.1, 0.15) is 5.82 Å². The van der Waals surface area contributed by atoms with Crippen LogP contribution in [0.1, 0.15) is 32.8 Å². The zero-order valence-corrected chi connectivity index (χ0v) is 19.5. The van der Waals surface area contributed by atoms with Gasteiger partial charge < -0.3 is 25.8 Å². The number of hydrogen-bond donors (Lipinski definition) is 4. The van der Waals surface area contributed by atoms with E-state index in [1.54, 1.807) is 6.20 Å². The molecule has 4 N–H and O–H groups in total. The fraction of sp³-hybridized carbons (Fsp3) is 0.478. The average molecular weight is 436 g/mol. The Labute approximate surface area is 189 Å². The third-order valence-corrected chi connectivity index (χ3v) is 5.33. The van der Waals surface area contributed by atoms with Crippen LogP contribution in [0.15, 0.2) is 30.6 Å². The zero-order chi connectivity index (χ0) is 22.7. The molecule has 1 fully saturated rings. The molecule has 4 rings (SSSR count). The molecule has 9 nitrogen and oxygen atoms in total. The lowest BCUT2D eigenvalue weighted by Gasteiger charge is -2.27. The SMILES string of the molecule is Cc1ccc(-c2ncc[nH]2)cc1Nc1nc(N[C@@H]2CCNC2)nc(N(C)CC(C)(C)C)n1. The molecule has 32 heavy (non-hydrogen) atoms. The predicted octanol–water partition coefficient (Wildman–Crippen LogP) is 3.57. The second kappa shape index (κ2) is 9.12. The molecule has 1 aliphatic rings. The van der Waals surface area contributed by atoms with Crippen LogP contribution in [-0.4, -0.2) is 57.6 Å². The van der Waals surface area contributed by atoms with Gasteiger partial charge in [-0.05, 0) is 36.9 Å². The smallest absolute Gasteiger partial charge is 0.233 e. The lowest BCUT2D eigenvalue weighted by atomic mass is 9.96. The molecule has 1 saturated heterocycles. The van der Waals surface area contributed by atoms with Gasteiger partial charge in [-0.1, -0.05) is 32.9 Å². The van der Waals surface area contributed by atoms with Gasteiger partial charge >= 0.3 is 0 Å². The molecule has 3 heterocycles. The number of aryl methyl sites for hydroxylation is 1. The Morgan fingerprint density at radius 3 is 2.66 bits per heavy atom. The van der Waals surface area contributed by atoms with Gasteiger partial charge in [-0.25, -0.2) is 4.98 Å². The van der Waals surface area contributed by atoms with E-state index in [4.69, 9.17) is 9.97 Å². The van der Waals surface area contributed by atoms with E-state index in [-0.39, 0.29) is 5.41 Å². The minimum absolute atomic E-state index is 0.117.